The Morgan fingerprint density at radius 3 is 2.64 bits per heavy atom. The van der Waals surface area contributed by atoms with Crippen molar-refractivity contribution in [2.45, 2.75) is 25.2 Å². The van der Waals surface area contributed by atoms with Crippen LogP contribution in [-0.4, -0.2) is 63.7 Å². The number of hydrogen-bond donors (Lipinski definition) is 0. The van der Waals surface area contributed by atoms with Crippen molar-refractivity contribution in [2.24, 2.45) is 7.05 Å². The standard InChI is InChI=1S/C33H34FN5O3/c1-37-33(35-22-36-37)24-6-11-29-27(20-24)28(21-39(29)26-9-7-25(34)8-10-26)23-12-15-38(16-13-23)14-3-17-40-30-4-2-5-31-32(30)42-19-18-41-31/h2,4-11,20-23H,3,12-19H2,1H3. The first-order chi connectivity index (χ1) is 20.6. The molecule has 0 amide bonds. The minimum atomic E-state index is -0.233. The highest BCUT2D eigenvalue weighted by Crippen LogP contribution is 2.40. The van der Waals surface area contributed by atoms with Crippen LogP contribution in [0, 0.1) is 5.82 Å². The van der Waals surface area contributed by atoms with E-state index in [4.69, 9.17) is 14.2 Å². The Morgan fingerprint density at radius 1 is 1.00 bits per heavy atom. The van der Waals surface area contributed by atoms with E-state index in [1.165, 1.54) is 23.1 Å². The zero-order valence-electron chi connectivity index (χ0n) is 23.7. The number of aryl methyl sites for hydroxylation is 1. The Hall–Kier alpha value is -4.37. The number of ether oxygens (including phenoxy) is 3. The second kappa shape index (κ2) is 11.5. The van der Waals surface area contributed by atoms with Gasteiger partial charge in [-0.05, 0) is 98.4 Å². The molecule has 0 atom stereocenters. The highest BCUT2D eigenvalue weighted by molar-refractivity contribution is 5.89. The van der Waals surface area contributed by atoms with Gasteiger partial charge in [0.05, 0.1) is 12.1 Å². The van der Waals surface area contributed by atoms with E-state index in [0.29, 0.717) is 31.5 Å². The first-order valence-corrected chi connectivity index (χ1v) is 14.6. The summed E-state index contributed by atoms with van der Waals surface area (Å²) in [6.45, 7) is 4.82. The zero-order valence-corrected chi connectivity index (χ0v) is 23.7. The van der Waals surface area contributed by atoms with Crippen molar-refractivity contribution in [2.75, 3.05) is 39.5 Å². The van der Waals surface area contributed by atoms with Crippen molar-refractivity contribution in [3.05, 3.63) is 84.6 Å². The monoisotopic (exact) mass is 567 g/mol. The molecular formula is C33H34FN5O3. The molecule has 1 saturated heterocycles. The Balaban J connectivity index is 1.05. The van der Waals surface area contributed by atoms with Crippen molar-refractivity contribution >= 4 is 10.9 Å². The summed E-state index contributed by atoms with van der Waals surface area (Å²) in [5.74, 6) is 3.26. The Kier molecular flexibility index (Phi) is 7.25. The summed E-state index contributed by atoms with van der Waals surface area (Å²) < 4.78 is 35.2. The van der Waals surface area contributed by atoms with Crippen LogP contribution in [0.2, 0.25) is 0 Å². The van der Waals surface area contributed by atoms with Crippen LogP contribution < -0.4 is 14.2 Å². The van der Waals surface area contributed by atoms with Crippen molar-refractivity contribution in [3.63, 3.8) is 0 Å². The van der Waals surface area contributed by atoms with Crippen LogP contribution in [-0.2, 0) is 7.05 Å². The predicted octanol–water partition coefficient (Wildman–Crippen LogP) is 5.98. The number of para-hydroxylation sites is 1. The molecule has 7 rings (SSSR count). The number of aromatic nitrogens is 4. The third-order valence-corrected chi connectivity index (χ3v) is 8.34. The van der Waals surface area contributed by atoms with E-state index < -0.39 is 0 Å². The van der Waals surface area contributed by atoms with Gasteiger partial charge in [0.1, 0.15) is 25.4 Å². The van der Waals surface area contributed by atoms with Crippen LogP contribution in [0.15, 0.2) is 73.2 Å². The molecule has 5 aromatic rings. The van der Waals surface area contributed by atoms with E-state index in [1.54, 1.807) is 11.0 Å². The number of fused-ring (bicyclic) bond motifs is 2. The van der Waals surface area contributed by atoms with Gasteiger partial charge in [-0.2, -0.15) is 5.10 Å². The lowest BCUT2D eigenvalue weighted by Gasteiger charge is -2.32. The molecule has 3 aromatic carbocycles. The lowest BCUT2D eigenvalue weighted by atomic mass is 9.89. The molecule has 0 unspecified atom stereocenters. The van der Waals surface area contributed by atoms with E-state index in [0.717, 1.165) is 73.0 Å². The lowest BCUT2D eigenvalue weighted by Crippen LogP contribution is -2.34. The Bertz CT molecular complexity index is 1690. The summed E-state index contributed by atoms with van der Waals surface area (Å²) in [5, 5.41) is 5.47. The predicted molar refractivity (Wildman–Crippen MR) is 159 cm³/mol. The summed E-state index contributed by atoms with van der Waals surface area (Å²) in [5.41, 5.74) is 4.43. The topological polar surface area (TPSA) is 66.6 Å². The van der Waals surface area contributed by atoms with Crippen LogP contribution >= 0.6 is 0 Å². The average molecular weight is 568 g/mol. The van der Waals surface area contributed by atoms with Gasteiger partial charge < -0.3 is 23.7 Å². The van der Waals surface area contributed by atoms with E-state index in [-0.39, 0.29) is 5.82 Å². The van der Waals surface area contributed by atoms with Crippen molar-refractivity contribution in [1.82, 2.24) is 24.2 Å². The molecule has 2 aliphatic heterocycles. The number of nitrogens with zero attached hydrogens (tertiary/aromatic N) is 5. The number of rotatable bonds is 8. The van der Waals surface area contributed by atoms with Gasteiger partial charge in [0.2, 0.25) is 5.75 Å². The fourth-order valence-electron chi connectivity index (χ4n) is 6.19. The number of likely N-dealkylation sites (tertiary alicyclic amines) is 1. The minimum Gasteiger partial charge on any atom is -0.489 e. The number of halogens is 1. The molecule has 2 aliphatic rings. The number of hydrogen-bond acceptors (Lipinski definition) is 6. The fourth-order valence-corrected chi connectivity index (χ4v) is 6.19. The van der Waals surface area contributed by atoms with Gasteiger partial charge in [-0.3, -0.25) is 0 Å². The summed E-state index contributed by atoms with van der Waals surface area (Å²) in [4.78, 5) is 7.00. The molecule has 0 aliphatic carbocycles. The van der Waals surface area contributed by atoms with Crippen molar-refractivity contribution in [3.8, 4) is 34.3 Å². The Morgan fingerprint density at radius 2 is 1.83 bits per heavy atom. The van der Waals surface area contributed by atoms with Gasteiger partial charge >= 0.3 is 0 Å². The van der Waals surface area contributed by atoms with Gasteiger partial charge in [0.15, 0.2) is 17.3 Å². The molecule has 0 radical (unpaired) electrons. The third kappa shape index (κ3) is 5.20. The van der Waals surface area contributed by atoms with Crippen LogP contribution in [0.5, 0.6) is 17.2 Å². The molecule has 216 valence electrons. The Labute approximate surface area is 244 Å². The fraction of sp³-hybridized carbons (Fsp3) is 0.333. The maximum Gasteiger partial charge on any atom is 0.203 e. The third-order valence-electron chi connectivity index (χ3n) is 8.34. The second-order valence-corrected chi connectivity index (χ2v) is 11.0. The van der Waals surface area contributed by atoms with Crippen LogP contribution in [0.4, 0.5) is 4.39 Å². The summed E-state index contributed by atoms with van der Waals surface area (Å²) >= 11 is 0. The highest BCUT2D eigenvalue weighted by Gasteiger charge is 2.25. The molecule has 8 nitrogen and oxygen atoms in total. The van der Waals surface area contributed by atoms with E-state index >= 15 is 0 Å². The first kappa shape index (κ1) is 26.5. The molecule has 9 heteroatoms. The first-order valence-electron chi connectivity index (χ1n) is 14.6. The molecule has 4 heterocycles. The molecule has 0 saturated carbocycles. The summed E-state index contributed by atoms with van der Waals surface area (Å²) in [7, 11) is 1.91. The SMILES string of the molecule is Cn1ncnc1-c1ccc2c(c1)c(C1CCN(CCCOc3cccc4c3OCCO4)CC1)cn2-c1ccc(F)cc1. The normalized spacial score (nSPS) is 15.8. The van der Waals surface area contributed by atoms with Gasteiger partial charge in [-0.15, -0.1) is 0 Å². The van der Waals surface area contributed by atoms with Gasteiger partial charge in [0.25, 0.3) is 0 Å². The highest BCUT2D eigenvalue weighted by atomic mass is 19.1. The molecule has 2 aromatic heterocycles. The summed E-state index contributed by atoms with van der Waals surface area (Å²) in [6, 6.07) is 19.0. The second-order valence-electron chi connectivity index (χ2n) is 11.0. The van der Waals surface area contributed by atoms with E-state index in [2.05, 4.69) is 43.9 Å². The van der Waals surface area contributed by atoms with Gasteiger partial charge in [-0.1, -0.05) is 6.07 Å². The lowest BCUT2D eigenvalue weighted by molar-refractivity contribution is 0.158. The van der Waals surface area contributed by atoms with Gasteiger partial charge in [0, 0.05) is 36.4 Å². The van der Waals surface area contributed by atoms with Crippen LogP contribution in [0.25, 0.3) is 28.0 Å². The zero-order chi connectivity index (χ0) is 28.5. The molecule has 42 heavy (non-hydrogen) atoms. The van der Waals surface area contributed by atoms with E-state index in [9.17, 15) is 4.39 Å². The summed E-state index contributed by atoms with van der Waals surface area (Å²) in [6.07, 6.45) is 6.93. The van der Waals surface area contributed by atoms with Gasteiger partial charge in [-0.25, -0.2) is 14.1 Å². The van der Waals surface area contributed by atoms with E-state index in [1.807, 2.05) is 37.4 Å². The molecular weight excluding hydrogens is 533 g/mol. The molecule has 0 bridgehead atoms. The quantitative estimate of drug-likeness (QED) is 0.215. The maximum atomic E-state index is 13.7. The largest absolute Gasteiger partial charge is 0.489 e. The van der Waals surface area contributed by atoms with Crippen LogP contribution in [0.1, 0.15) is 30.7 Å². The minimum absolute atomic E-state index is 0.233. The molecule has 1 fully saturated rings. The van der Waals surface area contributed by atoms with Crippen molar-refractivity contribution < 1.29 is 18.6 Å². The molecule has 0 N–H and O–H groups in total. The average Bonchev–Trinajstić information content (AvgIpc) is 3.63. The maximum absolute atomic E-state index is 13.7. The smallest absolute Gasteiger partial charge is 0.203 e. The van der Waals surface area contributed by atoms with Crippen molar-refractivity contribution in [1.29, 1.82) is 0 Å². The number of benzene rings is 3. The number of piperidine rings is 1. The van der Waals surface area contributed by atoms with Crippen LogP contribution in [0.3, 0.4) is 0 Å². The molecule has 0 spiro atoms.